The van der Waals surface area contributed by atoms with Gasteiger partial charge in [0, 0.05) is 18.0 Å². The van der Waals surface area contributed by atoms with Gasteiger partial charge in [-0.1, -0.05) is 55.8 Å². The van der Waals surface area contributed by atoms with Crippen molar-refractivity contribution in [2.75, 3.05) is 0 Å². The largest absolute Gasteiger partial charge is 0.390 e. The third-order valence-corrected chi connectivity index (χ3v) is 7.38. The summed E-state index contributed by atoms with van der Waals surface area (Å²) >= 11 is 0. The predicted octanol–water partition coefficient (Wildman–Crippen LogP) is 4.84. The first-order valence-electron chi connectivity index (χ1n) is 12.7. The van der Waals surface area contributed by atoms with Crippen molar-refractivity contribution < 1.29 is 5.11 Å². The molecule has 2 heterocycles. The molecule has 0 atom stereocenters. The minimum atomic E-state index is -0.691. The fraction of sp³-hybridized carbons (Fsp3) is 0.379. The van der Waals surface area contributed by atoms with Gasteiger partial charge in [0.15, 0.2) is 0 Å². The highest BCUT2D eigenvalue weighted by molar-refractivity contribution is 5.71. The van der Waals surface area contributed by atoms with E-state index in [4.69, 9.17) is 0 Å². The molecule has 0 bridgehead atoms. The van der Waals surface area contributed by atoms with Gasteiger partial charge >= 0.3 is 0 Å². The summed E-state index contributed by atoms with van der Waals surface area (Å²) in [4.78, 5) is 18.5. The number of rotatable bonds is 6. The van der Waals surface area contributed by atoms with Crippen LogP contribution in [0.4, 0.5) is 0 Å². The van der Waals surface area contributed by atoms with Crippen LogP contribution in [-0.2, 0) is 12.8 Å². The molecule has 5 rings (SSSR count). The number of benzene rings is 2. The molecule has 0 spiro atoms. The Labute approximate surface area is 210 Å². The van der Waals surface area contributed by atoms with Gasteiger partial charge < -0.3 is 5.11 Å². The lowest BCUT2D eigenvalue weighted by molar-refractivity contribution is 0.00981. The first-order valence-corrected chi connectivity index (χ1v) is 12.7. The van der Waals surface area contributed by atoms with Gasteiger partial charge in [-0.25, -0.2) is 4.52 Å². The lowest BCUT2D eigenvalue weighted by Gasteiger charge is -2.34. The molecule has 1 aliphatic carbocycles. The van der Waals surface area contributed by atoms with E-state index in [2.05, 4.69) is 23.1 Å². The van der Waals surface area contributed by atoms with Crippen molar-refractivity contribution in [3.05, 3.63) is 87.6 Å². The summed E-state index contributed by atoms with van der Waals surface area (Å²) in [7, 11) is 0. The lowest BCUT2D eigenvalue weighted by atomic mass is 9.83. The molecular formula is C29H31N5O2. The van der Waals surface area contributed by atoms with Gasteiger partial charge in [0.1, 0.15) is 6.33 Å². The third-order valence-electron chi connectivity index (χ3n) is 7.38. The molecule has 4 aromatic rings. The van der Waals surface area contributed by atoms with Crippen LogP contribution < -0.4 is 5.56 Å². The lowest BCUT2D eigenvalue weighted by Crippen LogP contribution is -2.37. The number of nitrogens with zero attached hydrogens (tertiary/aromatic N) is 5. The van der Waals surface area contributed by atoms with E-state index in [9.17, 15) is 15.2 Å². The first kappa shape index (κ1) is 24.0. The van der Waals surface area contributed by atoms with Crippen molar-refractivity contribution >= 4 is 5.78 Å². The number of hydrogen-bond acceptors (Lipinski definition) is 5. The molecule has 2 aromatic carbocycles. The molecular weight excluding hydrogens is 450 g/mol. The van der Waals surface area contributed by atoms with Gasteiger partial charge in [-0.2, -0.15) is 15.3 Å². The van der Waals surface area contributed by atoms with E-state index < -0.39 is 5.60 Å². The molecule has 1 fully saturated rings. The van der Waals surface area contributed by atoms with Gasteiger partial charge in [-0.3, -0.25) is 9.36 Å². The number of aryl methyl sites for hydroxylation is 1. The van der Waals surface area contributed by atoms with E-state index in [1.54, 1.807) is 4.57 Å². The summed E-state index contributed by atoms with van der Waals surface area (Å²) in [5, 5.41) is 24.8. The van der Waals surface area contributed by atoms with Crippen LogP contribution in [0.5, 0.6) is 0 Å². The summed E-state index contributed by atoms with van der Waals surface area (Å²) < 4.78 is 3.61. The SMILES string of the molecule is CCCc1c(Cc2ccc(-c3ccccc3)c(C#N)c2)c(=O)n(C2CCC(C)(O)CC2)c2ncnn12. The Bertz CT molecular complexity index is 1480. The van der Waals surface area contributed by atoms with Crippen LogP contribution in [0, 0.1) is 11.3 Å². The van der Waals surface area contributed by atoms with Crippen molar-refractivity contribution in [2.45, 2.75) is 70.4 Å². The van der Waals surface area contributed by atoms with Crippen molar-refractivity contribution in [2.24, 2.45) is 0 Å². The molecule has 36 heavy (non-hydrogen) atoms. The summed E-state index contributed by atoms with van der Waals surface area (Å²) in [6.45, 7) is 3.95. The first-order chi connectivity index (χ1) is 17.4. The Hall–Kier alpha value is -3.76. The standard InChI is InChI=1S/C29H31N5O2/c1-3-7-26-25(17-20-10-11-24(22(16-20)18-30)21-8-5-4-6-9-21)27(35)33(28-31-19-32-34(26)28)23-12-14-29(2,36)15-13-23/h4-6,8-11,16,19,23,36H,3,7,12-15,17H2,1-2H3. The fourth-order valence-corrected chi connectivity index (χ4v) is 5.43. The second-order valence-electron chi connectivity index (χ2n) is 10.1. The van der Waals surface area contributed by atoms with Crippen LogP contribution in [0.15, 0.2) is 59.7 Å². The Morgan fingerprint density at radius 3 is 2.61 bits per heavy atom. The molecule has 0 saturated heterocycles. The number of aliphatic hydroxyl groups is 1. The van der Waals surface area contributed by atoms with E-state index in [-0.39, 0.29) is 11.6 Å². The van der Waals surface area contributed by atoms with Gasteiger partial charge in [0.2, 0.25) is 5.78 Å². The maximum absolute atomic E-state index is 14.0. The molecule has 7 heteroatoms. The van der Waals surface area contributed by atoms with Gasteiger partial charge in [-0.15, -0.1) is 0 Å². The minimum absolute atomic E-state index is 0.0334. The maximum atomic E-state index is 14.0. The number of hydrogen-bond donors (Lipinski definition) is 1. The highest BCUT2D eigenvalue weighted by atomic mass is 16.3. The van der Waals surface area contributed by atoms with Crippen LogP contribution in [0.3, 0.4) is 0 Å². The fourth-order valence-electron chi connectivity index (χ4n) is 5.43. The molecule has 0 amide bonds. The van der Waals surface area contributed by atoms with Crippen molar-refractivity contribution in [3.8, 4) is 17.2 Å². The van der Waals surface area contributed by atoms with E-state index in [0.717, 1.165) is 28.8 Å². The number of aromatic nitrogens is 4. The summed E-state index contributed by atoms with van der Waals surface area (Å²) in [5.41, 5.74) is 4.22. The average Bonchev–Trinajstić information content (AvgIpc) is 3.37. The Morgan fingerprint density at radius 2 is 1.92 bits per heavy atom. The molecule has 7 nitrogen and oxygen atoms in total. The second-order valence-corrected chi connectivity index (χ2v) is 10.1. The van der Waals surface area contributed by atoms with E-state index in [1.807, 2.05) is 60.0 Å². The normalized spacial score (nSPS) is 19.9. The molecule has 1 N–H and O–H groups in total. The van der Waals surface area contributed by atoms with Crippen LogP contribution in [-0.4, -0.2) is 29.9 Å². The Morgan fingerprint density at radius 1 is 1.17 bits per heavy atom. The maximum Gasteiger partial charge on any atom is 0.259 e. The zero-order valence-corrected chi connectivity index (χ0v) is 20.8. The quantitative estimate of drug-likeness (QED) is 0.425. The molecule has 2 aromatic heterocycles. The zero-order valence-electron chi connectivity index (χ0n) is 20.8. The predicted molar refractivity (Wildman–Crippen MR) is 139 cm³/mol. The highest BCUT2D eigenvalue weighted by Gasteiger charge is 2.32. The van der Waals surface area contributed by atoms with E-state index in [1.165, 1.54) is 6.33 Å². The molecule has 0 aliphatic heterocycles. The Kier molecular flexibility index (Phi) is 6.46. The van der Waals surface area contributed by atoms with Crippen LogP contribution >= 0.6 is 0 Å². The molecule has 184 valence electrons. The van der Waals surface area contributed by atoms with Crippen molar-refractivity contribution in [1.82, 2.24) is 19.2 Å². The molecule has 1 aliphatic rings. The summed E-state index contributed by atoms with van der Waals surface area (Å²) in [6, 6.07) is 18.0. The van der Waals surface area contributed by atoms with Crippen LogP contribution in [0.25, 0.3) is 16.9 Å². The smallest absolute Gasteiger partial charge is 0.259 e. The molecule has 0 radical (unpaired) electrons. The van der Waals surface area contributed by atoms with E-state index in [0.29, 0.717) is 55.4 Å². The minimum Gasteiger partial charge on any atom is -0.390 e. The van der Waals surface area contributed by atoms with Gasteiger partial charge in [-0.05, 0) is 61.8 Å². The second kappa shape index (κ2) is 9.71. The number of nitriles is 1. The third kappa shape index (κ3) is 4.45. The van der Waals surface area contributed by atoms with Gasteiger partial charge in [0.05, 0.1) is 22.9 Å². The average molecular weight is 482 g/mol. The van der Waals surface area contributed by atoms with E-state index >= 15 is 0 Å². The Balaban J connectivity index is 1.60. The highest BCUT2D eigenvalue weighted by Crippen LogP contribution is 2.35. The topological polar surface area (TPSA) is 96.2 Å². The zero-order chi connectivity index (χ0) is 25.3. The van der Waals surface area contributed by atoms with Crippen molar-refractivity contribution in [1.29, 1.82) is 5.26 Å². The van der Waals surface area contributed by atoms with Crippen molar-refractivity contribution in [3.63, 3.8) is 0 Å². The number of fused-ring (bicyclic) bond motifs is 1. The monoisotopic (exact) mass is 481 g/mol. The van der Waals surface area contributed by atoms with Crippen LogP contribution in [0.1, 0.15) is 74.4 Å². The molecule has 0 unspecified atom stereocenters. The molecule has 1 saturated carbocycles. The van der Waals surface area contributed by atoms with Gasteiger partial charge in [0.25, 0.3) is 5.56 Å². The summed E-state index contributed by atoms with van der Waals surface area (Å²) in [5.74, 6) is 0.566. The summed E-state index contributed by atoms with van der Waals surface area (Å²) in [6.07, 6.45) is 6.21. The van der Waals surface area contributed by atoms with Crippen LogP contribution in [0.2, 0.25) is 0 Å².